The van der Waals surface area contributed by atoms with Crippen molar-refractivity contribution >= 4 is 22.4 Å². The van der Waals surface area contributed by atoms with Crippen molar-refractivity contribution in [3.05, 3.63) is 76.1 Å². The quantitative estimate of drug-likeness (QED) is 0.420. The maximum absolute atomic E-state index is 12.3. The Kier molecular flexibility index (Phi) is 4.75. The molecule has 0 bridgehead atoms. The summed E-state index contributed by atoms with van der Waals surface area (Å²) in [4.78, 5) is 12.3. The lowest BCUT2D eigenvalue weighted by atomic mass is 10.1. The lowest BCUT2D eigenvalue weighted by molar-refractivity contribution is 0.559. The molecule has 1 aromatic heterocycles. The van der Waals surface area contributed by atoms with E-state index in [-0.39, 0.29) is 5.63 Å². The normalized spacial score (nSPS) is 11.7. The molecule has 0 aliphatic carbocycles. The largest absolute Gasteiger partial charge is 0.422 e. The third-order valence-corrected chi connectivity index (χ3v) is 3.81. The molecule has 3 rings (SSSR count). The standard InChI is InChI=1S/C20H20N2O2/c1-3-6-18(22-21-16-11-9-14(2)10-12-16)17-13-15-7-4-5-8-19(15)24-20(17)23/h4-5,7-13,21H,3,6H2,1-2H3/b22-18+. The van der Waals surface area contributed by atoms with Gasteiger partial charge in [0.15, 0.2) is 0 Å². The SMILES string of the molecule is CCC/C(=N\Nc1ccc(C)cc1)c1cc2ccccc2oc1=O. The zero-order valence-corrected chi connectivity index (χ0v) is 13.9. The highest BCUT2D eigenvalue weighted by Gasteiger charge is 2.11. The molecule has 0 aliphatic rings. The smallest absolute Gasteiger partial charge is 0.345 e. The minimum Gasteiger partial charge on any atom is -0.422 e. The van der Waals surface area contributed by atoms with Crippen LogP contribution in [0.25, 0.3) is 11.0 Å². The molecule has 3 aromatic rings. The van der Waals surface area contributed by atoms with Crippen molar-refractivity contribution in [3.63, 3.8) is 0 Å². The molecule has 0 aliphatic heterocycles. The van der Waals surface area contributed by atoms with Gasteiger partial charge in [-0.3, -0.25) is 5.43 Å². The van der Waals surface area contributed by atoms with Crippen LogP contribution in [-0.4, -0.2) is 5.71 Å². The van der Waals surface area contributed by atoms with Gasteiger partial charge in [0.2, 0.25) is 0 Å². The Balaban J connectivity index is 1.98. The molecule has 1 N–H and O–H groups in total. The molecule has 4 heteroatoms. The number of aryl methyl sites for hydroxylation is 1. The zero-order valence-electron chi connectivity index (χ0n) is 13.9. The zero-order chi connectivity index (χ0) is 16.9. The lowest BCUT2D eigenvalue weighted by Crippen LogP contribution is -2.16. The number of hydrogen-bond acceptors (Lipinski definition) is 4. The summed E-state index contributed by atoms with van der Waals surface area (Å²) in [7, 11) is 0. The van der Waals surface area contributed by atoms with Gasteiger partial charge in [0.05, 0.1) is 17.0 Å². The van der Waals surface area contributed by atoms with E-state index in [9.17, 15) is 4.79 Å². The Morgan fingerprint density at radius 1 is 1.12 bits per heavy atom. The third-order valence-electron chi connectivity index (χ3n) is 3.81. The monoisotopic (exact) mass is 320 g/mol. The van der Waals surface area contributed by atoms with Crippen LogP contribution in [0.15, 0.2) is 68.9 Å². The maximum Gasteiger partial charge on any atom is 0.345 e. The van der Waals surface area contributed by atoms with Crippen molar-refractivity contribution in [2.45, 2.75) is 26.7 Å². The molecule has 122 valence electrons. The highest BCUT2D eigenvalue weighted by molar-refractivity contribution is 6.02. The predicted molar refractivity (Wildman–Crippen MR) is 98.7 cm³/mol. The average Bonchev–Trinajstić information content (AvgIpc) is 2.59. The number of hydrogen-bond donors (Lipinski definition) is 1. The molecule has 1 heterocycles. The summed E-state index contributed by atoms with van der Waals surface area (Å²) >= 11 is 0. The summed E-state index contributed by atoms with van der Waals surface area (Å²) in [6.07, 6.45) is 1.59. The first-order valence-corrected chi connectivity index (χ1v) is 8.10. The molecule has 0 atom stereocenters. The minimum absolute atomic E-state index is 0.355. The van der Waals surface area contributed by atoms with Crippen molar-refractivity contribution in [1.29, 1.82) is 0 Å². The van der Waals surface area contributed by atoms with Crippen LogP contribution in [-0.2, 0) is 0 Å². The summed E-state index contributed by atoms with van der Waals surface area (Å²) < 4.78 is 5.42. The fourth-order valence-corrected chi connectivity index (χ4v) is 2.51. The second-order valence-electron chi connectivity index (χ2n) is 5.77. The van der Waals surface area contributed by atoms with E-state index in [2.05, 4.69) is 17.5 Å². The van der Waals surface area contributed by atoms with Crippen LogP contribution in [0.2, 0.25) is 0 Å². The summed E-state index contributed by atoms with van der Waals surface area (Å²) in [5, 5.41) is 5.35. The first-order chi connectivity index (χ1) is 11.7. The van der Waals surface area contributed by atoms with Crippen LogP contribution >= 0.6 is 0 Å². The van der Waals surface area contributed by atoms with E-state index in [0.717, 1.165) is 17.5 Å². The molecule has 4 nitrogen and oxygen atoms in total. The number of nitrogens with zero attached hydrogens (tertiary/aromatic N) is 1. The molecule has 0 radical (unpaired) electrons. The number of benzene rings is 2. The highest BCUT2D eigenvalue weighted by atomic mass is 16.4. The van der Waals surface area contributed by atoms with Crippen molar-refractivity contribution in [3.8, 4) is 0 Å². The second kappa shape index (κ2) is 7.13. The van der Waals surface area contributed by atoms with E-state index >= 15 is 0 Å². The molecule has 0 amide bonds. The molecule has 2 aromatic carbocycles. The van der Waals surface area contributed by atoms with Gasteiger partial charge in [-0.2, -0.15) is 5.10 Å². The van der Waals surface area contributed by atoms with Gasteiger partial charge >= 0.3 is 5.63 Å². The number of hydrazone groups is 1. The summed E-state index contributed by atoms with van der Waals surface area (Å²) in [6.45, 7) is 4.10. The molecular weight excluding hydrogens is 300 g/mol. The molecule has 0 saturated heterocycles. The van der Waals surface area contributed by atoms with Gasteiger partial charge in [0.1, 0.15) is 5.58 Å². The van der Waals surface area contributed by atoms with Gasteiger partial charge in [-0.25, -0.2) is 4.79 Å². The lowest BCUT2D eigenvalue weighted by Gasteiger charge is -2.07. The number of anilines is 1. The second-order valence-corrected chi connectivity index (χ2v) is 5.77. The van der Waals surface area contributed by atoms with Gasteiger partial charge < -0.3 is 4.42 Å². The Bertz CT molecular complexity index is 924. The Morgan fingerprint density at radius 3 is 2.62 bits per heavy atom. The number of para-hydroxylation sites is 1. The van der Waals surface area contributed by atoms with Gasteiger partial charge in [0, 0.05) is 5.39 Å². The fraction of sp³-hybridized carbons (Fsp3) is 0.200. The summed E-state index contributed by atoms with van der Waals surface area (Å²) in [6, 6.07) is 17.3. The Morgan fingerprint density at radius 2 is 1.88 bits per heavy atom. The molecular formula is C20H20N2O2. The number of nitrogens with one attached hydrogen (secondary N) is 1. The molecule has 0 unspecified atom stereocenters. The molecule has 0 fully saturated rings. The van der Waals surface area contributed by atoms with Crippen LogP contribution in [0.4, 0.5) is 5.69 Å². The minimum atomic E-state index is -0.355. The Hall–Kier alpha value is -2.88. The van der Waals surface area contributed by atoms with Crippen LogP contribution in [0.3, 0.4) is 0 Å². The van der Waals surface area contributed by atoms with Gasteiger partial charge in [-0.1, -0.05) is 49.2 Å². The van der Waals surface area contributed by atoms with Crippen molar-refractivity contribution < 1.29 is 4.42 Å². The topological polar surface area (TPSA) is 54.6 Å². The van der Waals surface area contributed by atoms with Gasteiger partial charge in [-0.05, 0) is 37.6 Å². The Labute approximate surface area is 140 Å². The van der Waals surface area contributed by atoms with E-state index < -0.39 is 0 Å². The maximum atomic E-state index is 12.3. The summed E-state index contributed by atoms with van der Waals surface area (Å²) in [5.74, 6) is 0. The van der Waals surface area contributed by atoms with Gasteiger partial charge in [-0.15, -0.1) is 0 Å². The molecule has 24 heavy (non-hydrogen) atoms. The van der Waals surface area contributed by atoms with Crippen molar-refractivity contribution in [2.75, 3.05) is 5.43 Å². The highest BCUT2D eigenvalue weighted by Crippen LogP contribution is 2.15. The van der Waals surface area contributed by atoms with Crippen molar-refractivity contribution in [2.24, 2.45) is 5.10 Å². The van der Waals surface area contributed by atoms with Gasteiger partial charge in [0.25, 0.3) is 0 Å². The van der Waals surface area contributed by atoms with Crippen LogP contribution in [0, 0.1) is 6.92 Å². The number of rotatable bonds is 5. The predicted octanol–water partition coefficient (Wildman–Crippen LogP) is 4.72. The van der Waals surface area contributed by atoms with Crippen LogP contribution in [0.5, 0.6) is 0 Å². The van der Waals surface area contributed by atoms with E-state index in [1.807, 2.05) is 55.5 Å². The first-order valence-electron chi connectivity index (χ1n) is 8.10. The van der Waals surface area contributed by atoms with E-state index in [1.165, 1.54) is 5.56 Å². The van der Waals surface area contributed by atoms with E-state index in [4.69, 9.17) is 4.42 Å². The van der Waals surface area contributed by atoms with Crippen LogP contribution in [0.1, 0.15) is 30.9 Å². The molecule has 0 saturated carbocycles. The third kappa shape index (κ3) is 3.54. The van der Waals surface area contributed by atoms with Crippen molar-refractivity contribution in [1.82, 2.24) is 0 Å². The summed E-state index contributed by atoms with van der Waals surface area (Å²) in [5.41, 5.74) is 6.57. The van der Waals surface area contributed by atoms with E-state index in [0.29, 0.717) is 23.3 Å². The number of fused-ring (bicyclic) bond motifs is 1. The fourth-order valence-electron chi connectivity index (χ4n) is 2.51. The molecule has 0 spiro atoms. The first kappa shape index (κ1) is 16.0. The van der Waals surface area contributed by atoms with Crippen LogP contribution < -0.4 is 11.1 Å². The van der Waals surface area contributed by atoms with E-state index in [1.54, 1.807) is 6.07 Å². The average molecular weight is 320 g/mol.